The van der Waals surface area contributed by atoms with Crippen LogP contribution in [0.15, 0.2) is 48.8 Å². The van der Waals surface area contributed by atoms with E-state index in [0.717, 1.165) is 25.1 Å². The van der Waals surface area contributed by atoms with Gasteiger partial charge in [-0.3, -0.25) is 9.88 Å². The van der Waals surface area contributed by atoms with Crippen LogP contribution in [0.25, 0.3) is 0 Å². The Labute approximate surface area is 119 Å². The van der Waals surface area contributed by atoms with E-state index >= 15 is 0 Å². The van der Waals surface area contributed by atoms with Gasteiger partial charge in [-0.25, -0.2) is 0 Å². The van der Waals surface area contributed by atoms with Gasteiger partial charge in [0.1, 0.15) is 5.60 Å². The zero-order valence-electron chi connectivity index (χ0n) is 11.8. The van der Waals surface area contributed by atoms with Crippen LogP contribution >= 0.6 is 0 Å². The fourth-order valence-electron chi connectivity index (χ4n) is 3.07. The van der Waals surface area contributed by atoms with Crippen molar-refractivity contribution >= 4 is 0 Å². The van der Waals surface area contributed by atoms with E-state index in [1.165, 1.54) is 11.1 Å². The van der Waals surface area contributed by atoms with Crippen molar-refractivity contribution in [2.45, 2.75) is 25.5 Å². The topological polar surface area (TPSA) is 36.4 Å². The van der Waals surface area contributed by atoms with Crippen LogP contribution in [0.2, 0.25) is 0 Å². The summed E-state index contributed by atoms with van der Waals surface area (Å²) in [4.78, 5) is 6.44. The maximum Gasteiger partial charge on any atom is 0.104 e. The molecular formula is C17H20N2O. The lowest BCUT2D eigenvalue weighted by Crippen LogP contribution is -2.31. The predicted octanol–water partition coefficient (Wildman–Crippen LogP) is 2.48. The van der Waals surface area contributed by atoms with Crippen LogP contribution in [0.1, 0.15) is 23.1 Å². The molecule has 1 aliphatic rings. The second-order valence-electron chi connectivity index (χ2n) is 5.67. The third kappa shape index (κ3) is 2.60. The van der Waals surface area contributed by atoms with Gasteiger partial charge in [0.25, 0.3) is 0 Å². The Morgan fingerprint density at radius 3 is 2.85 bits per heavy atom. The molecule has 3 rings (SSSR count). The highest BCUT2D eigenvalue weighted by Gasteiger charge is 2.38. The van der Waals surface area contributed by atoms with Crippen LogP contribution in [-0.2, 0) is 12.1 Å². The Hall–Kier alpha value is -1.71. The second kappa shape index (κ2) is 5.35. The van der Waals surface area contributed by atoms with Crippen molar-refractivity contribution in [2.24, 2.45) is 0 Å². The van der Waals surface area contributed by atoms with Crippen molar-refractivity contribution in [3.8, 4) is 0 Å². The molecule has 1 aliphatic heterocycles. The Morgan fingerprint density at radius 2 is 2.10 bits per heavy atom. The molecule has 3 heteroatoms. The van der Waals surface area contributed by atoms with Gasteiger partial charge in [0.05, 0.1) is 0 Å². The predicted molar refractivity (Wildman–Crippen MR) is 79.2 cm³/mol. The zero-order chi connectivity index (χ0) is 14.0. The zero-order valence-corrected chi connectivity index (χ0v) is 11.8. The molecule has 20 heavy (non-hydrogen) atoms. The minimum absolute atomic E-state index is 0.687. The highest BCUT2D eigenvalue weighted by molar-refractivity contribution is 5.32. The number of hydrogen-bond donors (Lipinski definition) is 1. The molecule has 1 aromatic carbocycles. The quantitative estimate of drug-likeness (QED) is 0.929. The van der Waals surface area contributed by atoms with Crippen molar-refractivity contribution in [3.05, 3.63) is 65.5 Å². The monoisotopic (exact) mass is 268 g/mol. The summed E-state index contributed by atoms with van der Waals surface area (Å²) < 4.78 is 0. The molecule has 0 spiro atoms. The second-order valence-corrected chi connectivity index (χ2v) is 5.67. The van der Waals surface area contributed by atoms with Gasteiger partial charge < -0.3 is 5.11 Å². The Bertz CT molecular complexity index is 585. The average Bonchev–Trinajstić information content (AvgIpc) is 2.83. The molecule has 1 fully saturated rings. The first-order valence-corrected chi connectivity index (χ1v) is 7.07. The van der Waals surface area contributed by atoms with Gasteiger partial charge in [0, 0.05) is 32.0 Å². The minimum atomic E-state index is -0.715. The minimum Gasteiger partial charge on any atom is -0.384 e. The van der Waals surface area contributed by atoms with Crippen molar-refractivity contribution in [2.75, 3.05) is 13.1 Å². The van der Waals surface area contributed by atoms with E-state index in [9.17, 15) is 5.11 Å². The van der Waals surface area contributed by atoms with Gasteiger partial charge in [-0.2, -0.15) is 0 Å². The van der Waals surface area contributed by atoms with Crippen molar-refractivity contribution in [1.82, 2.24) is 9.88 Å². The number of nitrogens with zero attached hydrogens (tertiary/aromatic N) is 2. The SMILES string of the molecule is Cc1ccccc1[C@@]1(O)CCN(Cc2cccnc2)C1. The molecule has 2 heterocycles. The number of pyridine rings is 1. The normalized spacial score (nSPS) is 23.1. The summed E-state index contributed by atoms with van der Waals surface area (Å²) in [6.45, 7) is 4.52. The number of hydrogen-bond acceptors (Lipinski definition) is 3. The van der Waals surface area contributed by atoms with Gasteiger partial charge in [0.15, 0.2) is 0 Å². The van der Waals surface area contributed by atoms with Crippen LogP contribution in [0, 0.1) is 6.92 Å². The standard InChI is InChI=1S/C17H20N2O/c1-14-5-2-3-7-16(14)17(20)8-10-19(13-17)12-15-6-4-9-18-11-15/h2-7,9,11,20H,8,10,12-13H2,1H3/t17-/m1/s1. The number of rotatable bonds is 3. The fraction of sp³-hybridized carbons (Fsp3) is 0.353. The summed E-state index contributed by atoms with van der Waals surface area (Å²) in [6.07, 6.45) is 4.47. The van der Waals surface area contributed by atoms with E-state index in [1.54, 1.807) is 6.20 Å². The largest absolute Gasteiger partial charge is 0.384 e. The molecule has 0 aliphatic carbocycles. The lowest BCUT2D eigenvalue weighted by Gasteiger charge is -2.25. The molecule has 1 N–H and O–H groups in total. The molecule has 0 amide bonds. The molecule has 1 saturated heterocycles. The summed E-state index contributed by atoms with van der Waals surface area (Å²) in [5, 5.41) is 10.9. The molecule has 0 unspecified atom stereocenters. The summed E-state index contributed by atoms with van der Waals surface area (Å²) in [5.41, 5.74) is 2.71. The molecule has 2 aromatic rings. The number of likely N-dealkylation sites (tertiary alicyclic amines) is 1. The van der Waals surface area contributed by atoms with E-state index in [2.05, 4.69) is 28.9 Å². The third-order valence-electron chi connectivity index (χ3n) is 4.10. The van der Waals surface area contributed by atoms with Crippen molar-refractivity contribution < 1.29 is 5.11 Å². The van der Waals surface area contributed by atoms with E-state index in [4.69, 9.17) is 0 Å². The first kappa shape index (κ1) is 13.3. The van der Waals surface area contributed by atoms with Crippen LogP contribution < -0.4 is 0 Å². The summed E-state index contributed by atoms with van der Waals surface area (Å²) >= 11 is 0. The Kier molecular flexibility index (Phi) is 3.55. The first-order chi connectivity index (χ1) is 9.67. The lowest BCUT2D eigenvalue weighted by atomic mass is 9.89. The summed E-state index contributed by atoms with van der Waals surface area (Å²) in [5.74, 6) is 0. The van der Waals surface area contributed by atoms with Gasteiger partial charge in [-0.1, -0.05) is 30.3 Å². The molecule has 3 nitrogen and oxygen atoms in total. The van der Waals surface area contributed by atoms with Gasteiger partial charge in [-0.15, -0.1) is 0 Å². The molecule has 0 radical (unpaired) electrons. The highest BCUT2D eigenvalue weighted by Crippen LogP contribution is 2.34. The Balaban J connectivity index is 1.74. The van der Waals surface area contributed by atoms with Gasteiger partial charge in [0.2, 0.25) is 0 Å². The number of aryl methyl sites for hydroxylation is 1. The molecule has 1 atom stereocenters. The van der Waals surface area contributed by atoms with Crippen LogP contribution in [0.5, 0.6) is 0 Å². The maximum atomic E-state index is 10.9. The maximum absolute atomic E-state index is 10.9. The average molecular weight is 268 g/mol. The Morgan fingerprint density at radius 1 is 1.25 bits per heavy atom. The van der Waals surface area contributed by atoms with Crippen LogP contribution in [0.3, 0.4) is 0 Å². The molecule has 1 aromatic heterocycles. The van der Waals surface area contributed by atoms with Crippen molar-refractivity contribution in [3.63, 3.8) is 0 Å². The van der Waals surface area contributed by atoms with E-state index in [-0.39, 0.29) is 0 Å². The molecular weight excluding hydrogens is 248 g/mol. The number of aromatic nitrogens is 1. The highest BCUT2D eigenvalue weighted by atomic mass is 16.3. The van der Waals surface area contributed by atoms with E-state index in [0.29, 0.717) is 6.54 Å². The number of benzene rings is 1. The molecule has 104 valence electrons. The van der Waals surface area contributed by atoms with Crippen LogP contribution in [-0.4, -0.2) is 28.1 Å². The van der Waals surface area contributed by atoms with Gasteiger partial charge in [-0.05, 0) is 36.1 Å². The van der Waals surface area contributed by atoms with Crippen molar-refractivity contribution in [1.29, 1.82) is 0 Å². The first-order valence-electron chi connectivity index (χ1n) is 7.07. The fourth-order valence-corrected chi connectivity index (χ4v) is 3.07. The number of aliphatic hydroxyl groups is 1. The molecule has 0 saturated carbocycles. The van der Waals surface area contributed by atoms with Crippen LogP contribution in [0.4, 0.5) is 0 Å². The van der Waals surface area contributed by atoms with Gasteiger partial charge >= 0.3 is 0 Å². The number of β-amino-alcohol motifs (C(OH)–C–C–N with tert-alkyl or cyclic N) is 1. The summed E-state index contributed by atoms with van der Waals surface area (Å²) in [6, 6.07) is 12.2. The smallest absolute Gasteiger partial charge is 0.104 e. The third-order valence-corrected chi connectivity index (χ3v) is 4.10. The van der Waals surface area contributed by atoms with E-state index < -0.39 is 5.60 Å². The van der Waals surface area contributed by atoms with E-state index in [1.807, 2.05) is 30.5 Å². The lowest BCUT2D eigenvalue weighted by molar-refractivity contribution is 0.0447. The molecule has 0 bridgehead atoms. The summed E-state index contributed by atoms with van der Waals surface area (Å²) in [7, 11) is 0.